The van der Waals surface area contributed by atoms with Crippen molar-refractivity contribution in [2.24, 2.45) is 11.5 Å². The zero-order valence-electron chi connectivity index (χ0n) is 8.05. The smallest absolute Gasteiger partial charge is 0.0152 e. The van der Waals surface area contributed by atoms with Gasteiger partial charge >= 0.3 is 0 Å². The van der Waals surface area contributed by atoms with Crippen LogP contribution in [0.1, 0.15) is 39.0 Å². The molecule has 0 aliphatic heterocycles. The van der Waals surface area contributed by atoms with E-state index in [4.69, 9.17) is 11.5 Å². The summed E-state index contributed by atoms with van der Waals surface area (Å²) in [7, 11) is 0. The maximum atomic E-state index is 6.18. The Labute approximate surface area is 81.5 Å². The second-order valence-electron chi connectivity index (χ2n) is 3.44. The van der Waals surface area contributed by atoms with Crippen molar-refractivity contribution in [2.45, 2.75) is 44.6 Å². The molecule has 12 heavy (non-hydrogen) atoms. The standard InChI is InChI=1S/C9H22N2S/c1-2-9(11,5-3-7-10)6-4-8-12/h12H,2-8,10-11H2,1H3. The van der Waals surface area contributed by atoms with Gasteiger partial charge in [0.2, 0.25) is 0 Å². The second-order valence-corrected chi connectivity index (χ2v) is 3.88. The molecule has 74 valence electrons. The molecule has 0 aliphatic carbocycles. The fourth-order valence-corrected chi connectivity index (χ4v) is 1.52. The molecule has 0 saturated carbocycles. The summed E-state index contributed by atoms with van der Waals surface area (Å²) in [6, 6.07) is 0. The van der Waals surface area contributed by atoms with Crippen LogP contribution < -0.4 is 11.5 Å². The molecule has 0 fully saturated rings. The van der Waals surface area contributed by atoms with Crippen LogP contribution in [0.4, 0.5) is 0 Å². The van der Waals surface area contributed by atoms with E-state index in [2.05, 4.69) is 19.6 Å². The largest absolute Gasteiger partial charge is 0.330 e. The Balaban J connectivity index is 3.70. The zero-order chi connectivity index (χ0) is 9.45. The first-order valence-corrected chi connectivity index (χ1v) is 5.41. The molecule has 0 bridgehead atoms. The molecular formula is C9H22N2S. The van der Waals surface area contributed by atoms with Crippen molar-refractivity contribution in [2.75, 3.05) is 12.3 Å². The number of rotatable bonds is 7. The average Bonchev–Trinajstić information content (AvgIpc) is 2.11. The first kappa shape index (κ1) is 12.3. The Bertz CT molecular complexity index is 98.7. The van der Waals surface area contributed by atoms with Crippen LogP contribution in [0.5, 0.6) is 0 Å². The number of thiol groups is 1. The lowest BCUT2D eigenvalue weighted by atomic mass is 9.87. The highest BCUT2D eigenvalue weighted by molar-refractivity contribution is 7.80. The normalized spacial score (nSPS) is 16.0. The number of hydrogen-bond donors (Lipinski definition) is 3. The van der Waals surface area contributed by atoms with Gasteiger partial charge in [0.05, 0.1) is 0 Å². The van der Waals surface area contributed by atoms with Crippen LogP contribution in [-0.4, -0.2) is 17.8 Å². The molecule has 0 rings (SSSR count). The van der Waals surface area contributed by atoms with E-state index in [-0.39, 0.29) is 5.54 Å². The molecule has 1 unspecified atom stereocenters. The molecule has 0 aromatic heterocycles. The summed E-state index contributed by atoms with van der Waals surface area (Å²) in [4.78, 5) is 0. The topological polar surface area (TPSA) is 52.0 Å². The fourth-order valence-electron chi connectivity index (χ4n) is 1.36. The first-order chi connectivity index (χ1) is 5.68. The lowest BCUT2D eigenvalue weighted by molar-refractivity contribution is 0.344. The van der Waals surface area contributed by atoms with E-state index in [9.17, 15) is 0 Å². The second kappa shape index (κ2) is 6.75. The molecule has 0 radical (unpaired) electrons. The van der Waals surface area contributed by atoms with Crippen molar-refractivity contribution in [1.82, 2.24) is 0 Å². The van der Waals surface area contributed by atoms with Crippen LogP contribution in [0.25, 0.3) is 0 Å². The predicted molar refractivity (Wildman–Crippen MR) is 58.6 cm³/mol. The molecule has 0 aromatic carbocycles. The maximum absolute atomic E-state index is 6.18. The Hall–Kier alpha value is 0.270. The van der Waals surface area contributed by atoms with Gasteiger partial charge < -0.3 is 11.5 Å². The van der Waals surface area contributed by atoms with E-state index in [0.29, 0.717) is 0 Å². The Morgan fingerprint density at radius 2 is 1.83 bits per heavy atom. The molecule has 0 heterocycles. The van der Waals surface area contributed by atoms with Gasteiger partial charge in [-0.1, -0.05) is 6.92 Å². The van der Waals surface area contributed by atoms with Gasteiger partial charge in [0.25, 0.3) is 0 Å². The third-order valence-electron chi connectivity index (χ3n) is 2.42. The van der Waals surface area contributed by atoms with Gasteiger partial charge in [-0.2, -0.15) is 12.6 Å². The molecule has 0 aliphatic rings. The predicted octanol–water partition coefficient (Wildman–Crippen LogP) is 1.54. The van der Waals surface area contributed by atoms with Gasteiger partial charge in [0.1, 0.15) is 0 Å². The van der Waals surface area contributed by atoms with Gasteiger partial charge in [-0.3, -0.25) is 0 Å². The zero-order valence-corrected chi connectivity index (χ0v) is 8.95. The van der Waals surface area contributed by atoms with Crippen molar-refractivity contribution in [3.63, 3.8) is 0 Å². The summed E-state index contributed by atoms with van der Waals surface area (Å²) in [5, 5.41) is 0. The van der Waals surface area contributed by atoms with Crippen LogP contribution in [0.3, 0.4) is 0 Å². The number of nitrogens with two attached hydrogens (primary N) is 2. The van der Waals surface area contributed by atoms with E-state index in [1.165, 1.54) is 0 Å². The minimum Gasteiger partial charge on any atom is -0.330 e. The van der Waals surface area contributed by atoms with Gasteiger partial charge in [-0.05, 0) is 44.4 Å². The summed E-state index contributed by atoms with van der Waals surface area (Å²) >= 11 is 4.18. The molecule has 3 heteroatoms. The van der Waals surface area contributed by atoms with E-state index in [1.807, 2.05) is 0 Å². The molecule has 0 aromatic rings. The van der Waals surface area contributed by atoms with Crippen LogP contribution in [0.2, 0.25) is 0 Å². The van der Waals surface area contributed by atoms with Gasteiger partial charge in [0, 0.05) is 5.54 Å². The Kier molecular flexibility index (Phi) is 6.90. The molecular weight excluding hydrogens is 168 g/mol. The molecule has 2 nitrogen and oxygen atoms in total. The van der Waals surface area contributed by atoms with Crippen molar-refractivity contribution in [1.29, 1.82) is 0 Å². The van der Waals surface area contributed by atoms with Gasteiger partial charge in [-0.25, -0.2) is 0 Å². The van der Waals surface area contributed by atoms with E-state index in [0.717, 1.165) is 44.4 Å². The minimum absolute atomic E-state index is 0.0160. The van der Waals surface area contributed by atoms with Crippen LogP contribution >= 0.6 is 12.6 Å². The fraction of sp³-hybridized carbons (Fsp3) is 1.00. The van der Waals surface area contributed by atoms with Crippen molar-refractivity contribution in [3.05, 3.63) is 0 Å². The highest BCUT2D eigenvalue weighted by Gasteiger charge is 2.20. The minimum atomic E-state index is 0.0160. The van der Waals surface area contributed by atoms with Crippen LogP contribution in [0.15, 0.2) is 0 Å². The number of hydrogen-bond acceptors (Lipinski definition) is 3. The molecule has 1 atom stereocenters. The van der Waals surface area contributed by atoms with E-state index < -0.39 is 0 Å². The summed E-state index contributed by atoms with van der Waals surface area (Å²) in [6.45, 7) is 2.90. The summed E-state index contributed by atoms with van der Waals surface area (Å²) in [5.74, 6) is 0.932. The summed E-state index contributed by atoms with van der Waals surface area (Å²) < 4.78 is 0. The van der Waals surface area contributed by atoms with Crippen molar-refractivity contribution in [3.8, 4) is 0 Å². The molecule has 4 N–H and O–H groups in total. The highest BCUT2D eigenvalue weighted by atomic mass is 32.1. The van der Waals surface area contributed by atoms with Crippen molar-refractivity contribution < 1.29 is 0 Å². The lowest BCUT2D eigenvalue weighted by Crippen LogP contribution is -2.39. The SMILES string of the molecule is CCC(N)(CCCN)CCCS. The van der Waals surface area contributed by atoms with Crippen LogP contribution in [0, 0.1) is 0 Å². The third-order valence-corrected chi connectivity index (χ3v) is 2.73. The summed E-state index contributed by atoms with van der Waals surface area (Å²) in [6.07, 6.45) is 5.32. The monoisotopic (exact) mass is 190 g/mol. The Morgan fingerprint density at radius 1 is 1.25 bits per heavy atom. The molecule has 0 saturated heterocycles. The first-order valence-electron chi connectivity index (χ1n) is 4.78. The van der Waals surface area contributed by atoms with Gasteiger partial charge in [0.15, 0.2) is 0 Å². The third kappa shape index (κ3) is 5.01. The molecule has 0 amide bonds. The van der Waals surface area contributed by atoms with Crippen LogP contribution in [-0.2, 0) is 0 Å². The van der Waals surface area contributed by atoms with Crippen molar-refractivity contribution >= 4 is 12.6 Å². The van der Waals surface area contributed by atoms with E-state index in [1.54, 1.807) is 0 Å². The van der Waals surface area contributed by atoms with Gasteiger partial charge in [-0.15, -0.1) is 0 Å². The van der Waals surface area contributed by atoms with E-state index >= 15 is 0 Å². The molecule has 0 spiro atoms. The Morgan fingerprint density at radius 3 is 2.25 bits per heavy atom. The highest BCUT2D eigenvalue weighted by Crippen LogP contribution is 2.20. The maximum Gasteiger partial charge on any atom is 0.0152 e. The quantitative estimate of drug-likeness (QED) is 0.533. The average molecular weight is 190 g/mol. The summed E-state index contributed by atoms with van der Waals surface area (Å²) in [5.41, 5.74) is 11.6. The lowest BCUT2D eigenvalue weighted by Gasteiger charge is -2.27.